The minimum absolute atomic E-state index is 0.0285. The highest BCUT2D eigenvalue weighted by atomic mass is 16.3. The van der Waals surface area contributed by atoms with Gasteiger partial charge in [0, 0.05) is 19.1 Å². The number of aliphatic imine (C=N–C) groups is 1. The average molecular weight is 221 g/mol. The molecular formula is C13H19NO2. The van der Waals surface area contributed by atoms with Gasteiger partial charge in [-0.1, -0.05) is 26.0 Å². The van der Waals surface area contributed by atoms with Gasteiger partial charge >= 0.3 is 0 Å². The van der Waals surface area contributed by atoms with Crippen LogP contribution >= 0.6 is 0 Å². The third-order valence-electron chi connectivity index (χ3n) is 2.48. The van der Waals surface area contributed by atoms with Gasteiger partial charge in [-0.05, 0) is 12.3 Å². The van der Waals surface area contributed by atoms with Gasteiger partial charge in [0.15, 0.2) is 5.78 Å². The number of rotatable bonds is 3. The average Bonchev–Trinajstić information content (AvgIpc) is 2.07. The largest absolute Gasteiger partial charge is 0.511 e. The van der Waals surface area contributed by atoms with Crippen molar-refractivity contribution in [2.45, 2.75) is 33.6 Å². The predicted octanol–water partition coefficient (Wildman–Crippen LogP) is 2.83. The standard InChI is InChI=1S/C13H19NO2/c1-9(2)7-14-8-10-11(15)5-13(3,4)6-12(10)16/h8,15H,1,5-7H2,2-4H3. The molecular weight excluding hydrogens is 202 g/mol. The molecule has 0 aromatic rings. The maximum absolute atomic E-state index is 11.8. The first kappa shape index (κ1) is 12.7. The normalized spacial score (nSPS) is 20.6. The Hall–Kier alpha value is -1.38. The summed E-state index contributed by atoms with van der Waals surface area (Å²) in [4.78, 5) is 15.8. The third kappa shape index (κ3) is 3.33. The Morgan fingerprint density at radius 3 is 2.69 bits per heavy atom. The van der Waals surface area contributed by atoms with Crippen molar-refractivity contribution in [3.05, 3.63) is 23.5 Å². The topological polar surface area (TPSA) is 49.7 Å². The molecule has 0 fully saturated rings. The van der Waals surface area contributed by atoms with Gasteiger partial charge in [0.25, 0.3) is 0 Å². The van der Waals surface area contributed by atoms with Crippen LogP contribution in [0.25, 0.3) is 0 Å². The third-order valence-corrected chi connectivity index (χ3v) is 2.48. The number of aliphatic hydroxyl groups excluding tert-OH is 1. The second-order valence-corrected chi connectivity index (χ2v) is 5.23. The monoisotopic (exact) mass is 221 g/mol. The minimum atomic E-state index is -0.146. The van der Waals surface area contributed by atoms with E-state index < -0.39 is 0 Å². The maximum atomic E-state index is 11.8. The SMILES string of the molecule is C=C(C)CN=CC1=C(O)CC(C)(C)CC1=O. The van der Waals surface area contributed by atoms with E-state index in [0.717, 1.165) is 5.57 Å². The van der Waals surface area contributed by atoms with E-state index >= 15 is 0 Å². The van der Waals surface area contributed by atoms with E-state index in [-0.39, 0.29) is 17.0 Å². The van der Waals surface area contributed by atoms with Crippen LogP contribution in [0.1, 0.15) is 33.6 Å². The van der Waals surface area contributed by atoms with Gasteiger partial charge in [0.1, 0.15) is 5.76 Å². The van der Waals surface area contributed by atoms with Crippen LogP contribution in [0.15, 0.2) is 28.5 Å². The molecule has 0 radical (unpaired) electrons. The van der Waals surface area contributed by atoms with E-state index in [9.17, 15) is 9.90 Å². The first-order valence-electron chi connectivity index (χ1n) is 5.41. The van der Waals surface area contributed by atoms with Crippen LogP contribution in [-0.2, 0) is 4.79 Å². The Balaban J connectivity index is 2.83. The predicted molar refractivity (Wildman–Crippen MR) is 65.8 cm³/mol. The Labute approximate surface area is 96.6 Å². The van der Waals surface area contributed by atoms with Crippen LogP contribution < -0.4 is 0 Å². The fourth-order valence-corrected chi connectivity index (χ4v) is 1.74. The van der Waals surface area contributed by atoms with Crippen molar-refractivity contribution in [1.29, 1.82) is 0 Å². The summed E-state index contributed by atoms with van der Waals surface area (Å²) in [7, 11) is 0. The molecule has 3 heteroatoms. The molecule has 0 aromatic carbocycles. The molecule has 0 aromatic heterocycles. The van der Waals surface area contributed by atoms with Gasteiger partial charge in [-0.2, -0.15) is 0 Å². The maximum Gasteiger partial charge on any atom is 0.168 e. The van der Waals surface area contributed by atoms with Crippen LogP contribution in [0.5, 0.6) is 0 Å². The molecule has 1 rings (SSSR count). The fourth-order valence-electron chi connectivity index (χ4n) is 1.74. The van der Waals surface area contributed by atoms with Gasteiger partial charge in [-0.25, -0.2) is 0 Å². The second kappa shape index (κ2) is 4.64. The Morgan fingerprint density at radius 2 is 2.19 bits per heavy atom. The van der Waals surface area contributed by atoms with Gasteiger partial charge in [0.05, 0.1) is 12.1 Å². The van der Waals surface area contributed by atoms with Crippen molar-refractivity contribution < 1.29 is 9.90 Å². The zero-order valence-electron chi connectivity index (χ0n) is 10.2. The van der Waals surface area contributed by atoms with Crippen molar-refractivity contribution in [2.24, 2.45) is 10.4 Å². The van der Waals surface area contributed by atoms with Crippen molar-refractivity contribution in [1.82, 2.24) is 0 Å². The molecule has 3 nitrogen and oxygen atoms in total. The lowest BCUT2D eigenvalue weighted by molar-refractivity contribution is -0.117. The molecule has 16 heavy (non-hydrogen) atoms. The molecule has 0 atom stereocenters. The number of hydrogen-bond acceptors (Lipinski definition) is 3. The van der Waals surface area contributed by atoms with Crippen LogP contribution in [0.2, 0.25) is 0 Å². The lowest BCUT2D eigenvalue weighted by Crippen LogP contribution is -2.26. The highest BCUT2D eigenvalue weighted by Gasteiger charge is 2.32. The number of aliphatic hydroxyl groups is 1. The molecule has 1 aliphatic carbocycles. The molecule has 0 saturated heterocycles. The van der Waals surface area contributed by atoms with E-state index in [1.165, 1.54) is 6.21 Å². The fraction of sp³-hybridized carbons (Fsp3) is 0.538. The van der Waals surface area contributed by atoms with Crippen molar-refractivity contribution in [3.63, 3.8) is 0 Å². The number of carbonyl (C=O) groups is 1. The summed E-state index contributed by atoms with van der Waals surface area (Å²) in [5.41, 5.74) is 1.15. The smallest absolute Gasteiger partial charge is 0.168 e. The molecule has 0 aliphatic heterocycles. The van der Waals surface area contributed by atoms with Crippen LogP contribution in [-0.4, -0.2) is 23.6 Å². The number of hydrogen-bond donors (Lipinski definition) is 1. The van der Waals surface area contributed by atoms with E-state index in [4.69, 9.17) is 0 Å². The Bertz CT molecular complexity index is 375. The van der Waals surface area contributed by atoms with Gasteiger partial charge < -0.3 is 5.11 Å². The first-order valence-corrected chi connectivity index (χ1v) is 5.41. The molecule has 0 bridgehead atoms. The molecule has 1 N–H and O–H groups in total. The lowest BCUT2D eigenvalue weighted by Gasteiger charge is -2.28. The van der Waals surface area contributed by atoms with E-state index in [0.29, 0.717) is 25.0 Å². The zero-order valence-corrected chi connectivity index (χ0v) is 10.2. The molecule has 0 heterocycles. The highest BCUT2D eigenvalue weighted by Crippen LogP contribution is 2.35. The van der Waals surface area contributed by atoms with E-state index in [2.05, 4.69) is 11.6 Å². The number of carbonyl (C=O) groups excluding carboxylic acids is 1. The van der Waals surface area contributed by atoms with Gasteiger partial charge in [-0.3, -0.25) is 9.79 Å². The first-order chi connectivity index (χ1) is 7.32. The summed E-state index contributed by atoms with van der Waals surface area (Å²) < 4.78 is 0. The van der Waals surface area contributed by atoms with Gasteiger partial charge in [0.2, 0.25) is 0 Å². The Kier molecular flexibility index (Phi) is 3.68. The zero-order chi connectivity index (χ0) is 12.3. The molecule has 1 aliphatic rings. The molecule has 0 spiro atoms. The molecule has 88 valence electrons. The number of allylic oxidation sites excluding steroid dienone is 2. The highest BCUT2D eigenvalue weighted by molar-refractivity contribution is 6.14. The van der Waals surface area contributed by atoms with Crippen LogP contribution in [0.4, 0.5) is 0 Å². The van der Waals surface area contributed by atoms with Crippen LogP contribution in [0.3, 0.4) is 0 Å². The van der Waals surface area contributed by atoms with Crippen LogP contribution in [0, 0.1) is 5.41 Å². The quantitative estimate of drug-likeness (QED) is 0.588. The summed E-state index contributed by atoms with van der Waals surface area (Å²) in [6, 6.07) is 0. The van der Waals surface area contributed by atoms with Crippen molar-refractivity contribution >= 4 is 12.0 Å². The van der Waals surface area contributed by atoms with Crippen molar-refractivity contribution in [2.75, 3.05) is 6.54 Å². The van der Waals surface area contributed by atoms with E-state index in [1.54, 1.807) is 0 Å². The number of Topliss-reactive ketones (excluding diaryl/α,β-unsaturated/α-hetero) is 1. The van der Waals surface area contributed by atoms with E-state index in [1.807, 2.05) is 20.8 Å². The van der Waals surface area contributed by atoms with Gasteiger partial charge in [-0.15, -0.1) is 0 Å². The lowest BCUT2D eigenvalue weighted by atomic mass is 9.77. The molecule has 0 unspecified atom stereocenters. The molecule has 0 amide bonds. The Morgan fingerprint density at radius 1 is 1.56 bits per heavy atom. The summed E-state index contributed by atoms with van der Waals surface area (Å²) in [6.45, 7) is 10.0. The molecule has 0 saturated carbocycles. The number of nitrogens with zero attached hydrogens (tertiary/aromatic N) is 1. The summed E-state index contributed by atoms with van der Waals surface area (Å²) >= 11 is 0. The summed E-state index contributed by atoms with van der Waals surface area (Å²) in [5, 5.41) is 9.79. The minimum Gasteiger partial charge on any atom is -0.511 e. The summed E-state index contributed by atoms with van der Waals surface area (Å²) in [6.07, 6.45) is 2.47. The summed E-state index contributed by atoms with van der Waals surface area (Å²) in [5.74, 6) is 0.130. The number of ketones is 1. The van der Waals surface area contributed by atoms with Crippen molar-refractivity contribution in [3.8, 4) is 0 Å². The second-order valence-electron chi connectivity index (χ2n) is 5.23.